The number of nitrogens with zero attached hydrogens (tertiary/aromatic N) is 2. The second-order valence-electron chi connectivity index (χ2n) is 7.81. The molecule has 3 aromatic carbocycles. The first-order valence-electron chi connectivity index (χ1n) is 10.0. The zero-order chi connectivity index (χ0) is 21.0. The molecule has 0 atom stereocenters. The van der Waals surface area contributed by atoms with E-state index in [2.05, 4.69) is 105 Å². The van der Waals surface area contributed by atoms with Crippen molar-refractivity contribution in [1.29, 1.82) is 0 Å². The predicted molar refractivity (Wildman–Crippen MR) is 125 cm³/mol. The number of hydrogen-bond acceptors (Lipinski definition) is 4. The Bertz CT molecular complexity index is 889. The Morgan fingerprint density at radius 2 is 1.10 bits per heavy atom. The first-order chi connectivity index (χ1) is 14.0. The summed E-state index contributed by atoms with van der Waals surface area (Å²) in [6.45, 7) is 0.988. The van der Waals surface area contributed by atoms with Crippen molar-refractivity contribution in [2.24, 2.45) is 11.5 Å². The van der Waals surface area contributed by atoms with Gasteiger partial charge in [0, 0.05) is 58.6 Å². The summed E-state index contributed by atoms with van der Waals surface area (Å²) in [4.78, 5) is 4.22. The lowest BCUT2D eigenvalue weighted by Gasteiger charge is -2.26. The van der Waals surface area contributed by atoms with Gasteiger partial charge in [0.25, 0.3) is 0 Å². The molecule has 0 saturated heterocycles. The molecule has 0 radical (unpaired) electrons. The van der Waals surface area contributed by atoms with E-state index >= 15 is 0 Å². The van der Waals surface area contributed by atoms with Crippen LogP contribution >= 0.6 is 0 Å². The largest absolute Gasteiger partial charge is 0.378 e. The molecule has 0 spiro atoms. The summed E-state index contributed by atoms with van der Waals surface area (Å²) in [6.07, 6.45) is 0. The Balaban J connectivity index is 2.23. The fourth-order valence-electron chi connectivity index (χ4n) is 3.83. The molecule has 0 aromatic heterocycles. The molecule has 0 fully saturated rings. The van der Waals surface area contributed by atoms with Crippen LogP contribution < -0.4 is 21.3 Å². The third kappa shape index (κ3) is 4.44. The molecule has 0 amide bonds. The van der Waals surface area contributed by atoms with Crippen LogP contribution in [-0.2, 0) is 13.1 Å². The fourth-order valence-corrected chi connectivity index (χ4v) is 3.83. The van der Waals surface area contributed by atoms with E-state index in [0.717, 1.165) is 22.5 Å². The van der Waals surface area contributed by atoms with Crippen LogP contribution in [0.3, 0.4) is 0 Å². The molecule has 29 heavy (non-hydrogen) atoms. The molecule has 4 heteroatoms. The SMILES string of the molecule is CN(C)c1ccc(C(c2ccccc2)c2ccc(N(C)C)cc2CN)c(CN)c1. The van der Waals surface area contributed by atoms with E-state index in [1.807, 2.05) is 0 Å². The van der Waals surface area contributed by atoms with Gasteiger partial charge in [-0.3, -0.25) is 0 Å². The minimum atomic E-state index is 0.0840. The molecular formula is C25H32N4. The molecule has 152 valence electrons. The summed E-state index contributed by atoms with van der Waals surface area (Å²) < 4.78 is 0. The molecular weight excluding hydrogens is 356 g/mol. The van der Waals surface area contributed by atoms with Crippen molar-refractivity contribution in [3.8, 4) is 0 Å². The Kier molecular flexibility index (Phi) is 6.57. The Morgan fingerprint density at radius 1 is 0.655 bits per heavy atom. The molecule has 4 nitrogen and oxygen atoms in total. The topological polar surface area (TPSA) is 58.5 Å². The van der Waals surface area contributed by atoms with Crippen molar-refractivity contribution >= 4 is 11.4 Å². The first kappa shape index (κ1) is 20.9. The van der Waals surface area contributed by atoms with Gasteiger partial charge in [-0.15, -0.1) is 0 Å². The Labute approximate surface area is 174 Å². The van der Waals surface area contributed by atoms with Crippen molar-refractivity contribution in [2.75, 3.05) is 38.0 Å². The van der Waals surface area contributed by atoms with E-state index in [1.54, 1.807) is 0 Å². The van der Waals surface area contributed by atoms with Crippen molar-refractivity contribution < 1.29 is 0 Å². The monoisotopic (exact) mass is 388 g/mol. The third-order valence-electron chi connectivity index (χ3n) is 5.48. The highest BCUT2D eigenvalue weighted by atomic mass is 15.1. The van der Waals surface area contributed by atoms with Gasteiger partial charge in [-0.05, 0) is 52.1 Å². The number of benzene rings is 3. The minimum absolute atomic E-state index is 0.0840. The smallest absolute Gasteiger partial charge is 0.0364 e. The minimum Gasteiger partial charge on any atom is -0.378 e. The van der Waals surface area contributed by atoms with Crippen LogP contribution in [0.15, 0.2) is 66.7 Å². The maximum atomic E-state index is 6.20. The van der Waals surface area contributed by atoms with Gasteiger partial charge in [0.1, 0.15) is 0 Å². The first-order valence-corrected chi connectivity index (χ1v) is 10.0. The Morgan fingerprint density at radius 3 is 1.48 bits per heavy atom. The van der Waals surface area contributed by atoms with E-state index in [0.29, 0.717) is 13.1 Å². The highest BCUT2D eigenvalue weighted by molar-refractivity contribution is 5.58. The standard InChI is InChI=1S/C25H32N4/c1-28(2)21-10-12-23(19(14-21)16-26)25(18-8-6-5-7-9-18)24-13-11-22(29(3)4)15-20(24)17-27/h5-15,25H,16-17,26-27H2,1-4H3. The van der Waals surface area contributed by atoms with Crippen molar-refractivity contribution in [3.63, 3.8) is 0 Å². The zero-order valence-corrected chi connectivity index (χ0v) is 17.9. The lowest BCUT2D eigenvalue weighted by Crippen LogP contribution is -2.16. The lowest BCUT2D eigenvalue weighted by molar-refractivity contribution is 0.894. The normalized spacial score (nSPS) is 11.0. The van der Waals surface area contributed by atoms with Crippen molar-refractivity contribution in [2.45, 2.75) is 19.0 Å². The molecule has 3 aromatic rings. The molecule has 0 aliphatic heterocycles. The van der Waals surface area contributed by atoms with Gasteiger partial charge in [-0.2, -0.15) is 0 Å². The van der Waals surface area contributed by atoms with Crippen molar-refractivity contribution in [1.82, 2.24) is 0 Å². The summed E-state index contributed by atoms with van der Waals surface area (Å²) in [5.74, 6) is 0.0840. The number of rotatable bonds is 7. The van der Waals surface area contributed by atoms with Gasteiger partial charge in [0.15, 0.2) is 0 Å². The van der Waals surface area contributed by atoms with Gasteiger partial charge in [-0.25, -0.2) is 0 Å². The van der Waals surface area contributed by atoms with E-state index < -0.39 is 0 Å². The van der Waals surface area contributed by atoms with E-state index in [1.165, 1.54) is 16.7 Å². The quantitative estimate of drug-likeness (QED) is 0.603. The summed E-state index contributed by atoms with van der Waals surface area (Å²) in [5, 5.41) is 0. The van der Waals surface area contributed by atoms with Gasteiger partial charge >= 0.3 is 0 Å². The van der Waals surface area contributed by atoms with Crippen LogP contribution in [0, 0.1) is 0 Å². The Hall–Kier alpha value is -2.82. The molecule has 0 heterocycles. The summed E-state index contributed by atoms with van der Waals surface area (Å²) in [5.41, 5.74) is 20.7. The molecule has 0 aliphatic carbocycles. The maximum Gasteiger partial charge on any atom is 0.0364 e. The van der Waals surface area contributed by atoms with E-state index in [-0.39, 0.29) is 5.92 Å². The van der Waals surface area contributed by atoms with Crippen LogP contribution in [0.25, 0.3) is 0 Å². The van der Waals surface area contributed by atoms with Gasteiger partial charge in [0.2, 0.25) is 0 Å². The predicted octanol–water partition coefficient (Wildman–Crippen LogP) is 3.92. The molecule has 0 saturated carbocycles. The van der Waals surface area contributed by atoms with Crippen LogP contribution in [0.4, 0.5) is 11.4 Å². The van der Waals surface area contributed by atoms with Crippen LogP contribution in [0.5, 0.6) is 0 Å². The number of hydrogen-bond donors (Lipinski definition) is 2. The van der Waals surface area contributed by atoms with E-state index in [4.69, 9.17) is 11.5 Å². The molecule has 0 aliphatic rings. The second-order valence-corrected chi connectivity index (χ2v) is 7.81. The molecule has 4 N–H and O–H groups in total. The van der Waals surface area contributed by atoms with Crippen molar-refractivity contribution in [3.05, 3.63) is 94.5 Å². The second kappa shape index (κ2) is 9.12. The van der Waals surface area contributed by atoms with Crippen LogP contribution in [0.2, 0.25) is 0 Å². The molecule has 3 rings (SSSR count). The van der Waals surface area contributed by atoms with E-state index in [9.17, 15) is 0 Å². The average molecular weight is 389 g/mol. The van der Waals surface area contributed by atoms with Gasteiger partial charge < -0.3 is 21.3 Å². The summed E-state index contributed by atoms with van der Waals surface area (Å²) in [6, 6.07) is 23.8. The lowest BCUT2D eigenvalue weighted by atomic mass is 9.80. The summed E-state index contributed by atoms with van der Waals surface area (Å²) >= 11 is 0. The average Bonchev–Trinajstić information content (AvgIpc) is 2.74. The van der Waals surface area contributed by atoms with Gasteiger partial charge in [-0.1, -0.05) is 42.5 Å². The van der Waals surface area contributed by atoms with Crippen LogP contribution in [-0.4, -0.2) is 28.2 Å². The molecule has 0 unspecified atom stereocenters. The molecule has 0 bridgehead atoms. The summed E-state index contributed by atoms with van der Waals surface area (Å²) in [7, 11) is 8.21. The van der Waals surface area contributed by atoms with Crippen LogP contribution in [0.1, 0.15) is 33.7 Å². The maximum absolute atomic E-state index is 6.20. The number of nitrogens with two attached hydrogens (primary N) is 2. The highest BCUT2D eigenvalue weighted by Crippen LogP contribution is 2.37. The third-order valence-corrected chi connectivity index (χ3v) is 5.48. The zero-order valence-electron chi connectivity index (χ0n) is 17.9. The highest BCUT2D eigenvalue weighted by Gasteiger charge is 2.22. The van der Waals surface area contributed by atoms with Gasteiger partial charge in [0.05, 0.1) is 0 Å². The fraction of sp³-hybridized carbons (Fsp3) is 0.280. The number of anilines is 2.